The maximum Gasteiger partial charge on any atom is 0.348 e. The van der Waals surface area contributed by atoms with Gasteiger partial charge in [-0.15, -0.1) is 0 Å². The Kier molecular flexibility index (Phi) is 3.06. The minimum absolute atomic E-state index is 0.0245. The van der Waals surface area contributed by atoms with E-state index in [1.54, 1.807) is 12.1 Å². The Morgan fingerprint density at radius 1 is 1.16 bits per heavy atom. The first-order chi connectivity index (χ1) is 8.78. The van der Waals surface area contributed by atoms with Crippen LogP contribution in [0.5, 0.6) is 5.75 Å². The van der Waals surface area contributed by atoms with E-state index in [2.05, 4.69) is 0 Å². The molecule has 1 heterocycles. The third kappa shape index (κ3) is 2.76. The zero-order valence-corrected chi connectivity index (χ0v) is 10.9. The number of hydrogen-bond acceptors (Lipinski definition) is 5. The quantitative estimate of drug-likeness (QED) is 0.475. The smallest absolute Gasteiger partial charge is 0.348 e. The van der Waals surface area contributed by atoms with Crippen molar-refractivity contribution in [3.05, 3.63) is 34.9 Å². The average Bonchev–Trinajstić information content (AvgIpc) is 2.26. The topological polar surface area (TPSA) is 72.8 Å². The summed E-state index contributed by atoms with van der Waals surface area (Å²) in [6.45, 7) is 4.79. The van der Waals surface area contributed by atoms with Crippen LogP contribution in [0.2, 0.25) is 0 Å². The van der Waals surface area contributed by atoms with Crippen molar-refractivity contribution in [1.82, 2.24) is 0 Å². The molecule has 0 bridgehead atoms. The molecule has 0 amide bonds. The summed E-state index contributed by atoms with van der Waals surface area (Å²) in [5, 5.41) is 9.69. The first kappa shape index (κ1) is 13.1. The van der Waals surface area contributed by atoms with Crippen molar-refractivity contribution in [3.8, 4) is 5.75 Å². The van der Waals surface area contributed by atoms with E-state index in [1.807, 2.05) is 6.92 Å². The van der Waals surface area contributed by atoms with Gasteiger partial charge in [-0.2, -0.15) is 0 Å². The Labute approximate surface area is 110 Å². The Morgan fingerprint density at radius 2 is 1.74 bits per heavy atom. The minimum Gasteiger partial charge on any atom is -0.507 e. The summed E-state index contributed by atoms with van der Waals surface area (Å²) in [5.74, 6) is -2.81. The molecule has 1 N–H and O–H groups in total. The van der Waals surface area contributed by atoms with Crippen molar-refractivity contribution in [3.63, 3.8) is 0 Å². The number of phenols is 1. The maximum atomic E-state index is 11.7. The Balaban J connectivity index is 2.41. The van der Waals surface area contributed by atoms with Crippen molar-refractivity contribution in [1.29, 1.82) is 0 Å². The minimum atomic E-state index is -1.26. The van der Waals surface area contributed by atoms with Crippen molar-refractivity contribution < 1.29 is 24.2 Å². The number of ether oxygens (including phenoxy) is 2. The van der Waals surface area contributed by atoms with Crippen LogP contribution in [-0.4, -0.2) is 22.8 Å². The molecule has 0 atom stereocenters. The molecular weight excluding hydrogens is 248 g/mol. The summed E-state index contributed by atoms with van der Waals surface area (Å²) in [7, 11) is 0. The lowest BCUT2D eigenvalue weighted by atomic mass is 10.1. The normalized spacial score (nSPS) is 17.7. The third-order valence-electron chi connectivity index (χ3n) is 2.60. The van der Waals surface area contributed by atoms with E-state index in [0.717, 1.165) is 5.56 Å². The molecule has 0 unspecified atom stereocenters. The number of carbonyl (C=O) groups excluding carboxylic acids is 2. The molecule has 1 fully saturated rings. The fourth-order valence-electron chi connectivity index (χ4n) is 1.72. The molecule has 1 aromatic carbocycles. The van der Waals surface area contributed by atoms with Gasteiger partial charge >= 0.3 is 11.9 Å². The molecule has 100 valence electrons. The largest absolute Gasteiger partial charge is 0.507 e. The number of aromatic hydroxyl groups is 1. The highest BCUT2D eigenvalue weighted by atomic mass is 16.7. The monoisotopic (exact) mass is 262 g/mol. The third-order valence-corrected chi connectivity index (χ3v) is 2.60. The number of phenolic OH excluding ortho intramolecular Hbond substituents is 1. The maximum absolute atomic E-state index is 11.7. The van der Waals surface area contributed by atoms with Crippen LogP contribution in [0, 0.1) is 6.92 Å². The van der Waals surface area contributed by atoms with E-state index in [1.165, 1.54) is 26.0 Å². The molecule has 2 rings (SSSR count). The molecule has 1 aliphatic heterocycles. The highest BCUT2D eigenvalue weighted by Gasteiger charge is 2.38. The molecule has 1 aliphatic rings. The van der Waals surface area contributed by atoms with E-state index in [-0.39, 0.29) is 11.3 Å². The highest BCUT2D eigenvalue weighted by molar-refractivity contribution is 6.19. The molecule has 0 aromatic heterocycles. The molecule has 0 aliphatic carbocycles. The van der Waals surface area contributed by atoms with Gasteiger partial charge in [0.1, 0.15) is 11.3 Å². The molecule has 5 heteroatoms. The standard InChI is InChI=1S/C14H14O5/c1-8-4-5-11(15)9(6-8)7-10-12(16)18-14(2,3)19-13(10)17/h4-7,15H,1-3H3. The number of carbonyl (C=O) groups is 2. The number of hydrogen-bond donors (Lipinski definition) is 1. The van der Waals surface area contributed by atoms with Gasteiger partial charge in [-0.05, 0) is 25.1 Å². The number of cyclic esters (lactones) is 2. The lowest BCUT2D eigenvalue weighted by Gasteiger charge is -2.29. The second kappa shape index (κ2) is 4.42. The van der Waals surface area contributed by atoms with Gasteiger partial charge in [0.05, 0.1) is 0 Å². The Morgan fingerprint density at radius 3 is 2.32 bits per heavy atom. The van der Waals surface area contributed by atoms with E-state index in [4.69, 9.17) is 9.47 Å². The van der Waals surface area contributed by atoms with Crippen molar-refractivity contribution in [2.45, 2.75) is 26.6 Å². The van der Waals surface area contributed by atoms with Gasteiger partial charge in [0, 0.05) is 19.4 Å². The van der Waals surface area contributed by atoms with Gasteiger partial charge in [-0.25, -0.2) is 9.59 Å². The highest BCUT2D eigenvalue weighted by Crippen LogP contribution is 2.27. The predicted octanol–water partition coefficient (Wildman–Crippen LogP) is 1.92. The second-order valence-corrected chi connectivity index (χ2v) is 4.80. The van der Waals surface area contributed by atoms with Gasteiger partial charge in [0.15, 0.2) is 0 Å². The lowest BCUT2D eigenvalue weighted by molar-refractivity contribution is -0.222. The fraction of sp³-hybridized carbons (Fsp3) is 0.286. The molecule has 0 saturated carbocycles. The number of benzene rings is 1. The van der Waals surface area contributed by atoms with Crippen molar-refractivity contribution >= 4 is 18.0 Å². The Bertz CT molecular complexity index is 561. The van der Waals surface area contributed by atoms with E-state index in [0.29, 0.717) is 5.56 Å². The molecule has 1 saturated heterocycles. The summed E-state index contributed by atoms with van der Waals surface area (Å²) in [6.07, 6.45) is 1.27. The van der Waals surface area contributed by atoms with Gasteiger partial charge in [-0.3, -0.25) is 0 Å². The first-order valence-electron chi connectivity index (χ1n) is 5.76. The lowest BCUT2D eigenvalue weighted by Crippen LogP contribution is -2.41. The zero-order valence-electron chi connectivity index (χ0n) is 10.9. The van der Waals surface area contributed by atoms with Crippen molar-refractivity contribution in [2.75, 3.05) is 0 Å². The summed E-state index contributed by atoms with van der Waals surface area (Å²) in [5.41, 5.74) is 1.02. The van der Waals surface area contributed by atoms with Crippen LogP contribution < -0.4 is 0 Å². The van der Waals surface area contributed by atoms with Crippen LogP contribution in [0.25, 0.3) is 6.08 Å². The summed E-state index contributed by atoms with van der Waals surface area (Å²) in [4.78, 5) is 23.5. The van der Waals surface area contributed by atoms with Gasteiger partial charge in [0.25, 0.3) is 5.79 Å². The Hall–Kier alpha value is -2.30. The van der Waals surface area contributed by atoms with Crippen LogP contribution in [-0.2, 0) is 19.1 Å². The molecule has 0 spiro atoms. The first-order valence-corrected chi connectivity index (χ1v) is 5.76. The van der Waals surface area contributed by atoms with Crippen LogP contribution >= 0.6 is 0 Å². The van der Waals surface area contributed by atoms with E-state index in [9.17, 15) is 14.7 Å². The van der Waals surface area contributed by atoms with Crippen LogP contribution in [0.1, 0.15) is 25.0 Å². The van der Waals surface area contributed by atoms with E-state index < -0.39 is 17.7 Å². The number of esters is 2. The molecule has 19 heavy (non-hydrogen) atoms. The van der Waals surface area contributed by atoms with Crippen molar-refractivity contribution in [2.24, 2.45) is 0 Å². The van der Waals surface area contributed by atoms with Gasteiger partial charge < -0.3 is 14.6 Å². The molecule has 5 nitrogen and oxygen atoms in total. The predicted molar refractivity (Wildman–Crippen MR) is 67.1 cm³/mol. The molecular formula is C14H14O5. The van der Waals surface area contributed by atoms with Gasteiger partial charge in [0.2, 0.25) is 0 Å². The zero-order chi connectivity index (χ0) is 14.2. The molecule has 0 radical (unpaired) electrons. The molecule has 1 aromatic rings. The number of rotatable bonds is 1. The fourth-order valence-corrected chi connectivity index (χ4v) is 1.72. The SMILES string of the molecule is Cc1ccc(O)c(C=C2C(=O)OC(C)(C)OC2=O)c1. The number of aryl methyl sites for hydroxylation is 1. The van der Waals surface area contributed by atoms with Crippen LogP contribution in [0.3, 0.4) is 0 Å². The van der Waals surface area contributed by atoms with Crippen LogP contribution in [0.15, 0.2) is 23.8 Å². The van der Waals surface area contributed by atoms with Crippen LogP contribution in [0.4, 0.5) is 0 Å². The summed E-state index contributed by atoms with van der Waals surface area (Å²) >= 11 is 0. The van der Waals surface area contributed by atoms with Gasteiger partial charge in [-0.1, -0.05) is 11.6 Å². The second-order valence-electron chi connectivity index (χ2n) is 4.80. The van der Waals surface area contributed by atoms with E-state index >= 15 is 0 Å². The summed E-state index contributed by atoms with van der Waals surface area (Å²) < 4.78 is 9.93. The summed E-state index contributed by atoms with van der Waals surface area (Å²) in [6, 6.07) is 4.87. The average molecular weight is 262 g/mol.